The third-order valence-electron chi connectivity index (χ3n) is 6.84. The second-order valence-electron chi connectivity index (χ2n) is 10.6. The topological polar surface area (TPSA) is 128 Å². The number of nitrogens with one attached hydrogen (secondary N) is 1. The van der Waals surface area contributed by atoms with Gasteiger partial charge in [-0.3, -0.25) is 14.5 Å². The molecule has 0 saturated carbocycles. The van der Waals surface area contributed by atoms with Crippen LogP contribution in [0.25, 0.3) is 11.3 Å². The van der Waals surface area contributed by atoms with Gasteiger partial charge in [-0.15, -0.1) is 0 Å². The lowest BCUT2D eigenvalue weighted by Crippen LogP contribution is -2.41. The van der Waals surface area contributed by atoms with Crippen LogP contribution in [0.15, 0.2) is 67.3 Å². The van der Waals surface area contributed by atoms with Gasteiger partial charge in [0.15, 0.2) is 17.3 Å². The van der Waals surface area contributed by atoms with E-state index in [2.05, 4.69) is 20.3 Å². The maximum atomic E-state index is 11.5. The molecule has 41 heavy (non-hydrogen) atoms. The van der Waals surface area contributed by atoms with Gasteiger partial charge in [0.2, 0.25) is 0 Å². The lowest BCUT2D eigenvalue weighted by molar-refractivity contribution is -0.147. The standard InChI is InChI=1S/C30H35N7O4/c1-4-40-24-11-5-6-12-25(24)41-22-9-8-14-36(19-22)28-17-31-16-27(35-28)34-26-13-7-10-23(33-26)21-15-32-37(18-21)20-30(2,3)29(38)39/h5-7,10-13,15-18,22H,4,8-9,14,19-20H2,1-3H3,(H,38,39)(H,33,34,35). The van der Waals surface area contributed by atoms with Crippen molar-refractivity contribution >= 4 is 23.4 Å². The molecule has 0 bridgehead atoms. The minimum Gasteiger partial charge on any atom is -0.490 e. The van der Waals surface area contributed by atoms with E-state index in [0.717, 1.165) is 42.3 Å². The van der Waals surface area contributed by atoms with E-state index in [1.54, 1.807) is 43.3 Å². The highest BCUT2D eigenvalue weighted by atomic mass is 16.5. The van der Waals surface area contributed by atoms with Gasteiger partial charge in [-0.05, 0) is 57.9 Å². The molecule has 1 aliphatic rings. The van der Waals surface area contributed by atoms with Crippen LogP contribution in [0.4, 0.5) is 17.5 Å². The predicted octanol–water partition coefficient (Wildman–Crippen LogP) is 5.04. The molecule has 4 aromatic rings. The Morgan fingerprint density at radius 2 is 1.90 bits per heavy atom. The molecule has 1 fully saturated rings. The van der Waals surface area contributed by atoms with Crippen molar-refractivity contribution in [1.29, 1.82) is 0 Å². The number of hydrogen-bond donors (Lipinski definition) is 2. The first kappa shape index (κ1) is 27.9. The fourth-order valence-corrected chi connectivity index (χ4v) is 4.66. The molecule has 214 valence electrons. The summed E-state index contributed by atoms with van der Waals surface area (Å²) in [6.45, 7) is 7.70. The van der Waals surface area contributed by atoms with Crippen molar-refractivity contribution in [2.45, 2.75) is 46.3 Å². The molecule has 1 aromatic carbocycles. The lowest BCUT2D eigenvalue weighted by atomic mass is 9.94. The molecule has 1 aliphatic heterocycles. The molecular weight excluding hydrogens is 522 g/mol. The summed E-state index contributed by atoms with van der Waals surface area (Å²) in [6, 6.07) is 13.4. The number of carboxylic acid groups (broad SMARTS) is 1. The van der Waals surface area contributed by atoms with Gasteiger partial charge in [-0.25, -0.2) is 9.97 Å². The molecule has 11 nitrogen and oxygen atoms in total. The minimum absolute atomic E-state index is 0.00381. The van der Waals surface area contributed by atoms with Crippen LogP contribution in [-0.4, -0.2) is 61.6 Å². The Kier molecular flexibility index (Phi) is 8.32. The fourth-order valence-electron chi connectivity index (χ4n) is 4.66. The number of nitrogens with zero attached hydrogens (tertiary/aromatic N) is 6. The first-order valence-electron chi connectivity index (χ1n) is 13.8. The maximum absolute atomic E-state index is 11.5. The van der Waals surface area contributed by atoms with E-state index in [0.29, 0.717) is 30.5 Å². The van der Waals surface area contributed by atoms with Crippen molar-refractivity contribution in [2.75, 3.05) is 29.9 Å². The molecule has 0 spiro atoms. The summed E-state index contributed by atoms with van der Waals surface area (Å²) < 4.78 is 13.7. The van der Waals surface area contributed by atoms with E-state index in [4.69, 9.17) is 19.4 Å². The van der Waals surface area contributed by atoms with Crippen LogP contribution in [0.5, 0.6) is 11.5 Å². The third-order valence-corrected chi connectivity index (χ3v) is 6.84. The van der Waals surface area contributed by atoms with Crippen LogP contribution < -0.4 is 19.7 Å². The van der Waals surface area contributed by atoms with Crippen LogP contribution >= 0.6 is 0 Å². The second kappa shape index (κ2) is 12.2. The van der Waals surface area contributed by atoms with E-state index < -0.39 is 11.4 Å². The number of para-hydroxylation sites is 2. The van der Waals surface area contributed by atoms with Gasteiger partial charge in [0, 0.05) is 18.3 Å². The van der Waals surface area contributed by atoms with E-state index in [1.165, 1.54) is 0 Å². The molecule has 0 amide bonds. The van der Waals surface area contributed by atoms with Crippen LogP contribution in [-0.2, 0) is 11.3 Å². The zero-order valence-corrected chi connectivity index (χ0v) is 23.5. The van der Waals surface area contributed by atoms with Gasteiger partial charge in [-0.1, -0.05) is 18.2 Å². The summed E-state index contributed by atoms with van der Waals surface area (Å²) in [5.41, 5.74) is 0.569. The monoisotopic (exact) mass is 557 g/mol. The van der Waals surface area contributed by atoms with Crippen molar-refractivity contribution in [3.63, 3.8) is 0 Å². The van der Waals surface area contributed by atoms with Crippen molar-refractivity contribution in [3.05, 3.63) is 67.3 Å². The molecule has 11 heteroatoms. The van der Waals surface area contributed by atoms with Gasteiger partial charge >= 0.3 is 5.97 Å². The largest absolute Gasteiger partial charge is 0.490 e. The molecule has 5 rings (SSSR count). The average Bonchev–Trinajstić information content (AvgIpc) is 3.42. The number of aromatic nitrogens is 5. The number of carbonyl (C=O) groups is 1. The number of pyridine rings is 1. The fraction of sp³-hybridized carbons (Fsp3) is 0.367. The molecule has 0 aliphatic carbocycles. The molecule has 3 aromatic heterocycles. The van der Waals surface area contributed by atoms with Gasteiger partial charge in [-0.2, -0.15) is 5.10 Å². The van der Waals surface area contributed by atoms with Crippen LogP contribution in [0, 0.1) is 5.41 Å². The number of hydrogen-bond acceptors (Lipinski definition) is 9. The number of anilines is 3. The number of piperidine rings is 1. The predicted molar refractivity (Wildman–Crippen MR) is 156 cm³/mol. The Hall–Kier alpha value is -4.67. The molecule has 1 atom stereocenters. The van der Waals surface area contributed by atoms with Gasteiger partial charge < -0.3 is 24.8 Å². The highest BCUT2D eigenvalue weighted by Crippen LogP contribution is 2.30. The van der Waals surface area contributed by atoms with Crippen LogP contribution in [0.1, 0.15) is 33.6 Å². The summed E-state index contributed by atoms with van der Waals surface area (Å²) in [4.78, 5) is 27.6. The molecule has 1 unspecified atom stereocenters. The van der Waals surface area contributed by atoms with Crippen LogP contribution in [0.2, 0.25) is 0 Å². The van der Waals surface area contributed by atoms with Gasteiger partial charge in [0.25, 0.3) is 0 Å². The molecular formula is C30H35N7O4. The highest BCUT2D eigenvalue weighted by Gasteiger charge is 2.28. The first-order valence-corrected chi connectivity index (χ1v) is 13.8. The summed E-state index contributed by atoms with van der Waals surface area (Å²) in [7, 11) is 0. The lowest BCUT2D eigenvalue weighted by Gasteiger charge is -2.33. The molecule has 1 saturated heterocycles. The van der Waals surface area contributed by atoms with Crippen molar-refractivity contribution in [1.82, 2.24) is 24.7 Å². The Bertz CT molecular complexity index is 1490. The average molecular weight is 558 g/mol. The Balaban J connectivity index is 1.25. The molecule has 0 radical (unpaired) electrons. The van der Waals surface area contributed by atoms with E-state index in [9.17, 15) is 9.90 Å². The summed E-state index contributed by atoms with van der Waals surface area (Å²) in [5.74, 6) is 2.59. The van der Waals surface area contributed by atoms with E-state index in [-0.39, 0.29) is 12.6 Å². The molecule has 4 heterocycles. The smallest absolute Gasteiger partial charge is 0.310 e. The first-order chi connectivity index (χ1) is 19.8. The summed E-state index contributed by atoms with van der Waals surface area (Å²) in [5, 5.41) is 17.0. The van der Waals surface area contributed by atoms with Crippen LogP contribution in [0.3, 0.4) is 0 Å². The number of rotatable bonds is 11. The summed E-state index contributed by atoms with van der Waals surface area (Å²) >= 11 is 0. The van der Waals surface area contributed by atoms with Crippen molar-refractivity contribution < 1.29 is 19.4 Å². The number of benzene rings is 1. The van der Waals surface area contributed by atoms with Gasteiger partial charge in [0.05, 0.1) is 49.4 Å². The normalized spacial score (nSPS) is 15.4. The zero-order valence-electron chi connectivity index (χ0n) is 23.5. The van der Waals surface area contributed by atoms with Crippen molar-refractivity contribution in [3.8, 4) is 22.8 Å². The Morgan fingerprint density at radius 3 is 2.71 bits per heavy atom. The van der Waals surface area contributed by atoms with E-state index >= 15 is 0 Å². The minimum atomic E-state index is -0.932. The Labute approximate surface area is 239 Å². The third kappa shape index (κ3) is 6.92. The Morgan fingerprint density at radius 1 is 1.07 bits per heavy atom. The number of aliphatic carboxylic acids is 1. The van der Waals surface area contributed by atoms with Gasteiger partial charge in [0.1, 0.15) is 17.7 Å². The number of ether oxygens (including phenoxy) is 2. The maximum Gasteiger partial charge on any atom is 0.310 e. The van der Waals surface area contributed by atoms with E-state index in [1.807, 2.05) is 49.4 Å². The zero-order chi connectivity index (χ0) is 28.8. The highest BCUT2D eigenvalue weighted by molar-refractivity contribution is 5.73. The number of carboxylic acids is 1. The van der Waals surface area contributed by atoms with Crippen molar-refractivity contribution in [2.24, 2.45) is 5.41 Å². The quantitative estimate of drug-likeness (QED) is 0.259. The summed E-state index contributed by atoms with van der Waals surface area (Å²) in [6.07, 6.45) is 8.85. The SMILES string of the molecule is CCOc1ccccc1OC1CCCN(c2cncc(Nc3cccc(-c4cnn(CC(C)(C)C(=O)O)c4)n3)n2)C1. The molecule has 2 N–H and O–H groups in total. The second-order valence-corrected chi connectivity index (χ2v) is 10.6.